The van der Waals surface area contributed by atoms with Crippen molar-refractivity contribution in [1.82, 2.24) is 4.98 Å². The number of amides is 1. The van der Waals surface area contributed by atoms with Crippen molar-refractivity contribution in [3.63, 3.8) is 0 Å². The van der Waals surface area contributed by atoms with E-state index in [4.69, 9.17) is 5.73 Å². The van der Waals surface area contributed by atoms with Crippen LogP contribution in [0.25, 0.3) is 0 Å². The minimum absolute atomic E-state index is 0.221. The molecule has 1 heterocycles. The van der Waals surface area contributed by atoms with Crippen molar-refractivity contribution in [2.24, 2.45) is 0 Å². The molecule has 0 bridgehead atoms. The summed E-state index contributed by atoms with van der Waals surface area (Å²) in [4.78, 5) is 18.7. The number of hydrogen-bond donors (Lipinski definition) is 2. The maximum Gasteiger partial charge on any atom is 0.269 e. The number of hydrogen-bond acceptors (Lipinski definition) is 5. The summed E-state index contributed by atoms with van der Waals surface area (Å²) in [5.41, 5.74) is 8.80. The van der Waals surface area contributed by atoms with Gasteiger partial charge in [0, 0.05) is 19.8 Å². The third-order valence-corrected chi connectivity index (χ3v) is 4.32. The fourth-order valence-electron chi connectivity index (χ4n) is 1.74. The Morgan fingerprint density at radius 1 is 1.35 bits per heavy atom. The SMILES string of the molecule is Cc1cccc(NC(=O)c2sc(N(C)C)nc2N)c1C. The number of aromatic nitrogens is 1. The highest BCUT2D eigenvalue weighted by molar-refractivity contribution is 7.18. The van der Waals surface area contributed by atoms with E-state index in [9.17, 15) is 4.79 Å². The first-order chi connectivity index (χ1) is 9.40. The average molecular weight is 290 g/mol. The lowest BCUT2D eigenvalue weighted by molar-refractivity contribution is 0.103. The molecule has 0 radical (unpaired) electrons. The number of thiazole rings is 1. The number of carbonyl (C=O) groups is 1. The lowest BCUT2D eigenvalue weighted by Crippen LogP contribution is -2.13. The Morgan fingerprint density at radius 2 is 2.05 bits per heavy atom. The van der Waals surface area contributed by atoms with Crippen LogP contribution in [0.3, 0.4) is 0 Å². The maximum absolute atomic E-state index is 12.3. The standard InChI is InChI=1S/C14H18N4OS/c1-8-6-5-7-10(9(8)2)16-13(19)11-12(15)17-14(20-11)18(3)4/h5-7H,15H2,1-4H3,(H,16,19). The first-order valence-electron chi connectivity index (χ1n) is 6.21. The Kier molecular flexibility index (Phi) is 3.94. The average Bonchev–Trinajstić information content (AvgIpc) is 2.77. The van der Waals surface area contributed by atoms with Gasteiger partial charge in [0.25, 0.3) is 5.91 Å². The van der Waals surface area contributed by atoms with Crippen LogP contribution in [0, 0.1) is 13.8 Å². The minimum Gasteiger partial charge on any atom is -0.382 e. The van der Waals surface area contributed by atoms with Gasteiger partial charge in [-0.1, -0.05) is 23.5 Å². The lowest BCUT2D eigenvalue weighted by Gasteiger charge is -2.09. The number of rotatable bonds is 3. The fourth-order valence-corrected chi connectivity index (χ4v) is 2.54. The van der Waals surface area contributed by atoms with Crippen molar-refractivity contribution < 1.29 is 4.79 Å². The highest BCUT2D eigenvalue weighted by Gasteiger charge is 2.17. The van der Waals surface area contributed by atoms with E-state index in [1.54, 1.807) is 0 Å². The zero-order chi connectivity index (χ0) is 14.9. The van der Waals surface area contributed by atoms with Crippen LogP contribution in [0.1, 0.15) is 20.8 Å². The number of benzene rings is 1. The van der Waals surface area contributed by atoms with Crippen molar-refractivity contribution in [2.45, 2.75) is 13.8 Å². The summed E-state index contributed by atoms with van der Waals surface area (Å²) >= 11 is 1.28. The van der Waals surface area contributed by atoms with Crippen molar-refractivity contribution >= 4 is 33.9 Å². The van der Waals surface area contributed by atoms with Crippen molar-refractivity contribution in [1.29, 1.82) is 0 Å². The molecule has 0 aliphatic heterocycles. The molecule has 1 amide bonds. The monoisotopic (exact) mass is 290 g/mol. The molecule has 0 saturated heterocycles. The Balaban J connectivity index is 2.26. The zero-order valence-corrected chi connectivity index (χ0v) is 12.8. The molecule has 2 aromatic rings. The molecule has 5 nitrogen and oxygen atoms in total. The Bertz CT molecular complexity index is 649. The second-order valence-electron chi connectivity index (χ2n) is 4.81. The molecule has 1 aromatic carbocycles. The number of nitrogens with one attached hydrogen (secondary N) is 1. The van der Waals surface area contributed by atoms with E-state index < -0.39 is 0 Å². The van der Waals surface area contributed by atoms with E-state index in [0.717, 1.165) is 16.8 Å². The van der Waals surface area contributed by atoms with Crippen molar-refractivity contribution in [3.05, 3.63) is 34.2 Å². The molecule has 106 valence electrons. The normalized spacial score (nSPS) is 10.4. The summed E-state index contributed by atoms with van der Waals surface area (Å²) in [7, 11) is 3.73. The number of aryl methyl sites for hydroxylation is 1. The van der Waals surface area contributed by atoms with E-state index in [2.05, 4.69) is 10.3 Å². The van der Waals surface area contributed by atoms with Gasteiger partial charge in [-0.3, -0.25) is 4.79 Å². The molecular formula is C14H18N4OS. The van der Waals surface area contributed by atoms with E-state index in [1.165, 1.54) is 11.3 Å². The summed E-state index contributed by atoms with van der Waals surface area (Å²) in [5, 5.41) is 3.61. The van der Waals surface area contributed by atoms with Gasteiger partial charge in [0.05, 0.1) is 0 Å². The van der Waals surface area contributed by atoms with Crippen LogP contribution in [0.4, 0.5) is 16.6 Å². The van der Waals surface area contributed by atoms with E-state index >= 15 is 0 Å². The highest BCUT2D eigenvalue weighted by atomic mass is 32.1. The molecule has 20 heavy (non-hydrogen) atoms. The topological polar surface area (TPSA) is 71.2 Å². The second-order valence-corrected chi connectivity index (χ2v) is 5.78. The molecule has 0 spiro atoms. The number of nitrogens with zero attached hydrogens (tertiary/aromatic N) is 2. The summed E-state index contributed by atoms with van der Waals surface area (Å²) in [5.74, 6) is 0.0447. The first kappa shape index (κ1) is 14.3. The molecule has 0 aliphatic carbocycles. The number of nitrogen functional groups attached to an aromatic ring is 1. The summed E-state index contributed by atoms with van der Waals surface area (Å²) in [6.07, 6.45) is 0. The quantitative estimate of drug-likeness (QED) is 0.911. The van der Waals surface area contributed by atoms with Gasteiger partial charge in [-0.25, -0.2) is 4.98 Å². The van der Waals surface area contributed by atoms with Gasteiger partial charge in [0.2, 0.25) is 0 Å². The Hall–Kier alpha value is -2.08. The molecule has 3 N–H and O–H groups in total. The maximum atomic E-state index is 12.3. The van der Waals surface area contributed by atoms with Crippen LogP contribution in [0.5, 0.6) is 0 Å². The molecule has 0 aliphatic rings. The minimum atomic E-state index is -0.221. The van der Waals surface area contributed by atoms with Crippen LogP contribution in [-0.4, -0.2) is 25.0 Å². The number of nitrogens with two attached hydrogens (primary N) is 1. The van der Waals surface area contributed by atoms with Gasteiger partial charge >= 0.3 is 0 Å². The zero-order valence-electron chi connectivity index (χ0n) is 12.0. The summed E-state index contributed by atoms with van der Waals surface area (Å²) in [6.45, 7) is 3.99. The van der Waals surface area contributed by atoms with Crippen LogP contribution in [-0.2, 0) is 0 Å². The second kappa shape index (κ2) is 5.50. The van der Waals surface area contributed by atoms with E-state index in [-0.39, 0.29) is 11.7 Å². The summed E-state index contributed by atoms with van der Waals surface area (Å²) in [6, 6.07) is 5.81. The molecular weight excluding hydrogens is 272 g/mol. The van der Waals surface area contributed by atoms with Gasteiger partial charge in [-0.15, -0.1) is 0 Å². The van der Waals surface area contributed by atoms with Gasteiger partial charge in [-0.2, -0.15) is 0 Å². The largest absolute Gasteiger partial charge is 0.382 e. The van der Waals surface area contributed by atoms with Crippen molar-refractivity contribution in [3.8, 4) is 0 Å². The molecule has 0 fully saturated rings. The predicted molar refractivity (Wildman–Crippen MR) is 84.7 cm³/mol. The third-order valence-electron chi connectivity index (χ3n) is 3.08. The van der Waals surface area contributed by atoms with Gasteiger partial charge in [-0.05, 0) is 31.0 Å². The fraction of sp³-hybridized carbons (Fsp3) is 0.286. The van der Waals surface area contributed by atoms with Gasteiger partial charge < -0.3 is 16.0 Å². The van der Waals surface area contributed by atoms with Crippen LogP contribution in [0.15, 0.2) is 18.2 Å². The van der Waals surface area contributed by atoms with E-state index in [0.29, 0.717) is 10.0 Å². The first-order valence-corrected chi connectivity index (χ1v) is 7.03. The van der Waals surface area contributed by atoms with Gasteiger partial charge in [0.1, 0.15) is 10.7 Å². The van der Waals surface area contributed by atoms with Crippen LogP contribution < -0.4 is 16.0 Å². The van der Waals surface area contributed by atoms with Crippen LogP contribution >= 0.6 is 11.3 Å². The summed E-state index contributed by atoms with van der Waals surface area (Å²) < 4.78 is 0. The Morgan fingerprint density at radius 3 is 2.65 bits per heavy atom. The molecule has 1 aromatic heterocycles. The third kappa shape index (κ3) is 2.75. The highest BCUT2D eigenvalue weighted by Crippen LogP contribution is 2.28. The molecule has 0 unspecified atom stereocenters. The van der Waals surface area contributed by atoms with E-state index in [1.807, 2.05) is 51.0 Å². The molecule has 6 heteroatoms. The molecule has 0 saturated carbocycles. The predicted octanol–water partition coefficient (Wildman–Crippen LogP) is 2.66. The Labute approximate surface area is 122 Å². The van der Waals surface area contributed by atoms with Crippen molar-refractivity contribution in [2.75, 3.05) is 30.0 Å². The van der Waals surface area contributed by atoms with Crippen LogP contribution in [0.2, 0.25) is 0 Å². The number of carbonyl (C=O) groups excluding carboxylic acids is 1. The molecule has 0 atom stereocenters. The number of anilines is 3. The lowest BCUT2D eigenvalue weighted by atomic mass is 10.1. The molecule has 2 rings (SSSR count). The van der Waals surface area contributed by atoms with Gasteiger partial charge in [0.15, 0.2) is 5.13 Å². The smallest absolute Gasteiger partial charge is 0.269 e.